The first kappa shape index (κ1) is 12.0. The zero-order valence-corrected chi connectivity index (χ0v) is 10.2. The Hall–Kier alpha value is -0.450. The van der Waals surface area contributed by atoms with Crippen LogP contribution >= 0.6 is 0 Å². The molecule has 0 aromatic carbocycles. The van der Waals surface area contributed by atoms with Gasteiger partial charge in [-0.25, -0.2) is 0 Å². The van der Waals surface area contributed by atoms with Crippen molar-refractivity contribution in [3.05, 3.63) is 0 Å². The monoisotopic (exact) mass is 226 g/mol. The van der Waals surface area contributed by atoms with Gasteiger partial charge in [0, 0.05) is 26.1 Å². The lowest BCUT2D eigenvalue weighted by Crippen LogP contribution is -2.40. The largest absolute Gasteiger partial charge is 0.380 e. The Balaban J connectivity index is 1.81. The molecular formula is C12H22N2O2. The molecule has 4 nitrogen and oxygen atoms in total. The third-order valence-corrected chi connectivity index (χ3v) is 3.56. The third kappa shape index (κ3) is 3.27. The molecule has 0 amide bonds. The summed E-state index contributed by atoms with van der Waals surface area (Å²) in [7, 11) is 2.17. The number of rotatable bonds is 2. The van der Waals surface area contributed by atoms with Gasteiger partial charge in [-0.2, -0.15) is 0 Å². The first-order valence-electron chi connectivity index (χ1n) is 6.27. The molecule has 2 aliphatic heterocycles. The number of ether oxygens (including phenoxy) is 1. The van der Waals surface area contributed by atoms with Crippen LogP contribution in [0.25, 0.3) is 0 Å². The Morgan fingerprint density at radius 2 is 2.19 bits per heavy atom. The van der Waals surface area contributed by atoms with Gasteiger partial charge in [0.25, 0.3) is 0 Å². The van der Waals surface area contributed by atoms with E-state index in [2.05, 4.69) is 16.8 Å². The molecule has 0 aromatic heterocycles. The van der Waals surface area contributed by atoms with Crippen LogP contribution in [0.2, 0.25) is 0 Å². The first-order valence-corrected chi connectivity index (χ1v) is 6.27. The van der Waals surface area contributed by atoms with Crippen LogP contribution in [0.3, 0.4) is 0 Å². The maximum absolute atomic E-state index is 11.7. The standard InChI is InChI=1S/C12H22N2O2/c1-13-4-2-5-14(7-6-13)9-11-10-16-8-3-12(11)15/h11H,2-10H2,1H3. The molecule has 16 heavy (non-hydrogen) atoms. The van der Waals surface area contributed by atoms with Gasteiger partial charge in [0.2, 0.25) is 0 Å². The van der Waals surface area contributed by atoms with Gasteiger partial charge in [-0.05, 0) is 26.6 Å². The van der Waals surface area contributed by atoms with E-state index in [1.807, 2.05) is 0 Å². The summed E-state index contributed by atoms with van der Waals surface area (Å²) < 4.78 is 5.39. The van der Waals surface area contributed by atoms with E-state index < -0.39 is 0 Å². The Kier molecular flexibility index (Phi) is 4.32. The Bertz CT molecular complexity index is 245. The molecule has 2 rings (SSSR count). The van der Waals surface area contributed by atoms with Crippen LogP contribution in [-0.4, -0.2) is 68.6 Å². The average Bonchev–Trinajstić information content (AvgIpc) is 2.47. The number of Topliss-reactive ketones (excluding diaryl/α,β-unsaturated/α-hetero) is 1. The molecule has 2 saturated heterocycles. The molecule has 2 aliphatic rings. The molecule has 0 bridgehead atoms. The van der Waals surface area contributed by atoms with Crippen LogP contribution in [0.5, 0.6) is 0 Å². The van der Waals surface area contributed by atoms with E-state index in [4.69, 9.17) is 4.74 Å². The van der Waals surface area contributed by atoms with E-state index in [1.54, 1.807) is 0 Å². The average molecular weight is 226 g/mol. The van der Waals surface area contributed by atoms with E-state index in [9.17, 15) is 4.79 Å². The molecule has 0 radical (unpaired) electrons. The molecule has 0 aliphatic carbocycles. The molecule has 2 heterocycles. The number of ketones is 1. The van der Waals surface area contributed by atoms with Crippen molar-refractivity contribution < 1.29 is 9.53 Å². The maximum Gasteiger partial charge on any atom is 0.141 e. The highest BCUT2D eigenvalue weighted by atomic mass is 16.5. The summed E-state index contributed by atoms with van der Waals surface area (Å²) in [5.41, 5.74) is 0. The number of hydrogen-bond acceptors (Lipinski definition) is 4. The van der Waals surface area contributed by atoms with Gasteiger partial charge in [-0.3, -0.25) is 4.79 Å². The number of likely N-dealkylation sites (N-methyl/N-ethyl adjacent to an activating group) is 1. The van der Waals surface area contributed by atoms with Crippen molar-refractivity contribution in [1.82, 2.24) is 9.80 Å². The Morgan fingerprint density at radius 1 is 1.31 bits per heavy atom. The van der Waals surface area contributed by atoms with E-state index >= 15 is 0 Å². The van der Waals surface area contributed by atoms with Crippen LogP contribution in [0.1, 0.15) is 12.8 Å². The Labute approximate surface area is 97.5 Å². The van der Waals surface area contributed by atoms with Crippen molar-refractivity contribution in [2.24, 2.45) is 5.92 Å². The van der Waals surface area contributed by atoms with Crippen molar-refractivity contribution in [1.29, 1.82) is 0 Å². The molecule has 1 atom stereocenters. The molecule has 0 N–H and O–H groups in total. The van der Waals surface area contributed by atoms with Crippen LogP contribution in [-0.2, 0) is 9.53 Å². The highest BCUT2D eigenvalue weighted by molar-refractivity contribution is 5.82. The second-order valence-corrected chi connectivity index (χ2v) is 4.95. The number of carbonyl (C=O) groups is 1. The van der Waals surface area contributed by atoms with Crippen molar-refractivity contribution in [2.75, 3.05) is 53.0 Å². The lowest BCUT2D eigenvalue weighted by Gasteiger charge is -2.27. The van der Waals surface area contributed by atoms with Crippen LogP contribution < -0.4 is 0 Å². The summed E-state index contributed by atoms with van der Waals surface area (Å²) in [5, 5.41) is 0. The SMILES string of the molecule is CN1CCCN(CC2COCCC2=O)CC1. The summed E-state index contributed by atoms with van der Waals surface area (Å²) in [6.07, 6.45) is 1.82. The number of hydrogen-bond donors (Lipinski definition) is 0. The van der Waals surface area contributed by atoms with Gasteiger partial charge in [0.1, 0.15) is 5.78 Å². The molecule has 0 spiro atoms. The van der Waals surface area contributed by atoms with Crippen LogP contribution in [0.4, 0.5) is 0 Å². The minimum absolute atomic E-state index is 0.122. The quantitative estimate of drug-likeness (QED) is 0.675. The summed E-state index contributed by atoms with van der Waals surface area (Å²) in [5.74, 6) is 0.515. The summed E-state index contributed by atoms with van der Waals surface area (Å²) >= 11 is 0. The normalized spacial score (nSPS) is 30.3. The second-order valence-electron chi connectivity index (χ2n) is 4.95. The van der Waals surface area contributed by atoms with Gasteiger partial charge >= 0.3 is 0 Å². The van der Waals surface area contributed by atoms with Gasteiger partial charge in [-0.1, -0.05) is 0 Å². The molecule has 4 heteroatoms. The smallest absolute Gasteiger partial charge is 0.141 e. The molecule has 92 valence electrons. The Morgan fingerprint density at radius 3 is 3.00 bits per heavy atom. The zero-order chi connectivity index (χ0) is 11.4. The topological polar surface area (TPSA) is 32.8 Å². The first-order chi connectivity index (χ1) is 7.75. The predicted octanol–water partition coefficient (Wildman–Crippen LogP) is 0.230. The van der Waals surface area contributed by atoms with Crippen molar-refractivity contribution in [3.63, 3.8) is 0 Å². The van der Waals surface area contributed by atoms with E-state index in [0.29, 0.717) is 25.4 Å². The summed E-state index contributed by atoms with van der Waals surface area (Å²) in [6.45, 7) is 6.64. The minimum atomic E-state index is 0.122. The molecule has 1 unspecified atom stereocenters. The molecule has 0 saturated carbocycles. The van der Waals surface area contributed by atoms with E-state index in [0.717, 1.165) is 26.2 Å². The fourth-order valence-electron chi connectivity index (χ4n) is 2.44. The number of carbonyl (C=O) groups excluding carboxylic acids is 1. The van der Waals surface area contributed by atoms with Crippen LogP contribution in [0, 0.1) is 5.92 Å². The van der Waals surface area contributed by atoms with Gasteiger partial charge in [-0.15, -0.1) is 0 Å². The molecule has 2 fully saturated rings. The maximum atomic E-state index is 11.7. The lowest BCUT2D eigenvalue weighted by molar-refractivity contribution is -0.131. The zero-order valence-electron chi connectivity index (χ0n) is 10.2. The van der Waals surface area contributed by atoms with Crippen molar-refractivity contribution in [3.8, 4) is 0 Å². The highest BCUT2D eigenvalue weighted by Crippen LogP contribution is 2.13. The van der Waals surface area contributed by atoms with Crippen molar-refractivity contribution >= 4 is 5.78 Å². The van der Waals surface area contributed by atoms with E-state index in [-0.39, 0.29) is 5.92 Å². The fraction of sp³-hybridized carbons (Fsp3) is 0.917. The molecule has 0 aromatic rings. The predicted molar refractivity (Wildman–Crippen MR) is 62.5 cm³/mol. The van der Waals surface area contributed by atoms with E-state index in [1.165, 1.54) is 13.0 Å². The van der Waals surface area contributed by atoms with Crippen molar-refractivity contribution in [2.45, 2.75) is 12.8 Å². The second kappa shape index (κ2) is 5.75. The highest BCUT2D eigenvalue weighted by Gasteiger charge is 2.25. The van der Waals surface area contributed by atoms with Gasteiger partial charge < -0.3 is 14.5 Å². The fourth-order valence-corrected chi connectivity index (χ4v) is 2.44. The lowest BCUT2D eigenvalue weighted by atomic mass is 10.00. The third-order valence-electron chi connectivity index (χ3n) is 3.56. The van der Waals surface area contributed by atoms with Crippen LogP contribution in [0.15, 0.2) is 0 Å². The molecular weight excluding hydrogens is 204 g/mol. The van der Waals surface area contributed by atoms with Gasteiger partial charge in [0.05, 0.1) is 19.1 Å². The number of nitrogens with zero attached hydrogens (tertiary/aromatic N) is 2. The van der Waals surface area contributed by atoms with Gasteiger partial charge in [0.15, 0.2) is 0 Å². The summed E-state index contributed by atoms with van der Waals surface area (Å²) in [6, 6.07) is 0. The minimum Gasteiger partial charge on any atom is -0.380 e. The summed E-state index contributed by atoms with van der Waals surface area (Å²) in [4.78, 5) is 16.5.